The zero-order valence-electron chi connectivity index (χ0n) is 8.27. The zero-order valence-corrected chi connectivity index (χ0v) is 8.27. The molecule has 2 rings (SSSR count). The fraction of sp³-hybridized carbons (Fsp3) is 0.800. The van der Waals surface area contributed by atoms with Crippen LogP contribution >= 0.6 is 0 Å². The minimum Gasteiger partial charge on any atom is -0.396 e. The van der Waals surface area contributed by atoms with Crippen molar-refractivity contribution in [2.75, 3.05) is 6.61 Å². The highest BCUT2D eigenvalue weighted by molar-refractivity contribution is 6.09. The molecule has 3 unspecified atom stereocenters. The van der Waals surface area contributed by atoms with E-state index < -0.39 is 0 Å². The molecule has 2 aliphatic rings. The number of hydrogen-bond donors (Lipinski definition) is 1. The summed E-state index contributed by atoms with van der Waals surface area (Å²) in [4.78, 5) is 24.6. The van der Waals surface area contributed by atoms with Crippen LogP contribution in [0.25, 0.3) is 0 Å². The summed E-state index contributed by atoms with van der Waals surface area (Å²) in [6, 6.07) is -0.0463. The zero-order chi connectivity index (χ0) is 10.3. The normalized spacial score (nSPS) is 32.0. The third kappa shape index (κ3) is 1.34. The first-order valence-electron chi connectivity index (χ1n) is 5.14. The van der Waals surface area contributed by atoms with Gasteiger partial charge >= 0.3 is 0 Å². The molecule has 1 aliphatic heterocycles. The van der Waals surface area contributed by atoms with Crippen LogP contribution in [0.4, 0.5) is 0 Å². The van der Waals surface area contributed by atoms with Crippen LogP contribution in [0, 0.1) is 11.8 Å². The topological polar surface area (TPSA) is 57.6 Å². The highest BCUT2D eigenvalue weighted by Crippen LogP contribution is 2.47. The Morgan fingerprint density at radius 1 is 1.43 bits per heavy atom. The number of piperidine rings is 1. The molecule has 1 aliphatic carbocycles. The summed E-state index contributed by atoms with van der Waals surface area (Å²) in [6.07, 6.45) is 2.11. The van der Waals surface area contributed by atoms with E-state index in [1.54, 1.807) is 0 Å². The minimum absolute atomic E-state index is 0.000855. The van der Waals surface area contributed by atoms with Gasteiger partial charge in [-0.1, -0.05) is 0 Å². The smallest absolute Gasteiger partial charge is 0.233 e. The van der Waals surface area contributed by atoms with Crippen LogP contribution in [0.2, 0.25) is 0 Å². The van der Waals surface area contributed by atoms with E-state index in [4.69, 9.17) is 5.11 Å². The SMILES string of the molecule is CC(CCCO)N1C(=O)C2CC2C1=O. The van der Waals surface area contributed by atoms with Gasteiger partial charge < -0.3 is 5.11 Å². The molecule has 2 fully saturated rings. The highest BCUT2D eigenvalue weighted by atomic mass is 16.3. The van der Waals surface area contributed by atoms with Gasteiger partial charge in [0.05, 0.1) is 11.8 Å². The van der Waals surface area contributed by atoms with Gasteiger partial charge in [-0.3, -0.25) is 14.5 Å². The predicted octanol–water partition coefficient (Wildman–Crippen LogP) is 0.152. The van der Waals surface area contributed by atoms with Crippen LogP contribution in [0.15, 0.2) is 0 Å². The second-order valence-electron chi connectivity index (χ2n) is 4.21. The second-order valence-corrected chi connectivity index (χ2v) is 4.21. The van der Waals surface area contributed by atoms with E-state index in [0.717, 1.165) is 6.42 Å². The maximum absolute atomic E-state index is 11.6. The molecule has 1 saturated carbocycles. The number of carbonyl (C=O) groups is 2. The van der Waals surface area contributed by atoms with Gasteiger partial charge in [0.1, 0.15) is 0 Å². The summed E-state index contributed by atoms with van der Waals surface area (Å²) in [5, 5.41) is 8.66. The summed E-state index contributed by atoms with van der Waals surface area (Å²) in [5.41, 5.74) is 0. The number of rotatable bonds is 4. The van der Waals surface area contributed by atoms with Crippen molar-refractivity contribution in [2.45, 2.75) is 32.2 Å². The average molecular weight is 197 g/mol. The molecule has 3 atom stereocenters. The van der Waals surface area contributed by atoms with Crippen molar-refractivity contribution in [3.05, 3.63) is 0 Å². The van der Waals surface area contributed by atoms with Crippen molar-refractivity contribution in [3.63, 3.8) is 0 Å². The van der Waals surface area contributed by atoms with Gasteiger partial charge in [0, 0.05) is 12.6 Å². The van der Waals surface area contributed by atoms with Crippen LogP contribution < -0.4 is 0 Å². The lowest BCUT2D eigenvalue weighted by Gasteiger charge is -2.23. The lowest BCUT2D eigenvalue weighted by Crippen LogP contribution is -2.40. The number of imide groups is 1. The first-order valence-corrected chi connectivity index (χ1v) is 5.14. The standard InChI is InChI=1S/C10H15NO3/c1-6(3-2-4-12)11-9(13)7-5-8(7)10(11)14/h6-8,12H,2-5H2,1H3. The average Bonchev–Trinajstić information content (AvgIpc) is 2.89. The molecule has 0 aromatic rings. The maximum atomic E-state index is 11.6. The summed E-state index contributed by atoms with van der Waals surface area (Å²) in [6.45, 7) is 1.99. The number of aliphatic hydroxyl groups excluding tert-OH is 1. The lowest BCUT2D eigenvalue weighted by atomic mass is 10.1. The molecule has 0 aromatic carbocycles. The molecule has 0 bridgehead atoms. The van der Waals surface area contributed by atoms with E-state index in [2.05, 4.69) is 0 Å². The van der Waals surface area contributed by atoms with Crippen LogP contribution in [0.5, 0.6) is 0 Å². The van der Waals surface area contributed by atoms with Crippen LogP contribution in [-0.4, -0.2) is 34.5 Å². The molecule has 0 spiro atoms. The van der Waals surface area contributed by atoms with Crippen LogP contribution in [0.1, 0.15) is 26.2 Å². The van der Waals surface area contributed by atoms with Crippen LogP contribution in [0.3, 0.4) is 0 Å². The summed E-state index contributed by atoms with van der Waals surface area (Å²) < 4.78 is 0. The number of nitrogens with zero attached hydrogens (tertiary/aromatic N) is 1. The molecule has 1 saturated heterocycles. The Hall–Kier alpha value is -0.900. The van der Waals surface area contributed by atoms with E-state index in [1.165, 1.54) is 4.90 Å². The number of amides is 2. The largest absolute Gasteiger partial charge is 0.396 e. The maximum Gasteiger partial charge on any atom is 0.233 e. The van der Waals surface area contributed by atoms with E-state index in [-0.39, 0.29) is 36.3 Å². The Morgan fingerprint density at radius 3 is 2.50 bits per heavy atom. The van der Waals surface area contributed by atoms with Crippen molar-refractivity contribution in [3.8, 4) is 0 Å². The molecule has 14 heavy (non-hydrogen) atoms. The molecule has 4 nitrogen and oxygen atoms in total. The predicted molar refractivity (Wildman–Crippen MR) is 49.2 cm³/mol. The summed E-state index contributed by atoms with van der Waals surface area (Å²) in [5.74, 6) is 0.00836. The van der Waals surface area contributed by atoms with Crippen molar-refractivity contribution in [1.29, 1.82) is 0 Å². The van der Waals surface area contributed by atoms with E-state index in [9.17, 15) is 9.59 Å². The minimum atomic E-state index is -0.0463. The second kappa shape index (κ2) is 3.35. The van der Waals surface area contributed by atoms with Gasteiger partial charge in [-0.25, -0.2) is 0 Å². The fourth-order valence-electron chi connectivity index (χ4n) is 2.16. The molecule has 78 valence electrons. The molecule has 4 heteroatoms. The lowest BCUT2D eigenvalue weighted by molar-refractivity contribution is -0.143. The molecular formula is C10H15NO3. The number of fused-ring (bicyclic) bond motifs is 1. The monoisotopic (exact) mass is 197 g/mol. The third-order valence-electron chi connectivity index (χ3n) is 3.12. The first-order chi connectivity index (χ1) is 6.66. The Labute approximate surface area is 82.9 Å². The van der Waals surface area contributed by atoms with Gasteiger partial charge in [-0.05, 0) is 26.2 Å². The number of carbonyl (C=O) groups excluding carboxylic acids is 2. The third-order valence-corrected chi connectivity index (χ3v) is 3.12. The number of likely N-dealkylation sites (tertiary alicyclic amines) is 1. The molecule has 0 radical (unpaired) electrons. The number of hydrogen-bond acceptors (Lipinski definition) is 3. The van der Waals surface area contributed by atoms with Crippen molar-refractivity contribution in [1.82, 2.24) is 4.90 Å². The Kier molecular flexibility index (Phi) is 2.31. The van der Waals surface area contributed by atoms with Gasteiger partial charge in [-0.15, -0.1) is 0 Å². The Morgan fingerprint density at radius 2 is 2.00 bits per heavy atom. The van der Waals surface area contributed by atoms with E-state index in [0.29, 0.717) is 12.8 Å². The Balaban J connectivity index is 1.97. The van der Waals surface area contributed by atoms with Gasteiger partial charge in [0.25, 0.3) is 0 Å². The highest BCUT2D eigenvalue weighted by Gasteiger charge is 2.59. The van der Waals surface area contributed by atoms with Crippen molar-refractivity contribution < 1.29 is 14.7 Å². The van der Waals surface area contributed by atoms with E-state index in [1.807, 2.05) is 6.92 Å². The van der Waals surface area contributed by atoms with Crippen molar-refractivity contribution >= 4 is 11.8 Å². The van der Waals surface area contributed by atoms with Gasteiger partial charge in [0.15, 0.2) is 0 Å². The molecule has 2 amide bonds. The quantitative estimate of drug-likeness (QED) is 0.653. The van der Waals surface area contributed by atoms with Gasteiger partial charge in [0.2, 0.25) is 11.8 Å². The van der Waals surface area contributed by atoms with Crippen molar-refractivity contribution in [2.24, 2.45) is 11.8 Å². The Bertz CT molecular complexity index is 257. The molecule has 1 heterocycles. The number of aliphatic hydroxyl groups is 1. The van der Waals surface area contributed by atoms with E-state index >= 15 is 0 Å². The van der Waals surface area contributed by atoms with Crippen LogP contribution in [-0.2, 0) is 9.59 Å². The fourth-order valence-corrected chi connectivity index (χ4v) is 2.16. The summed E-state index contributed by atoms with van der Waals surface area (Å²) >= 11 is 0. The molecule has 1 N–H and O–H groups in total. The summed E-state index contributed by atoms with van der Waals surface area (Å²) in [7, 11) is 0. The molecular weight excluding hydrogens is 182 g/mol. The van der Waals surface area contributed by atoms with Gasteiger partial charge in [-0.2, -0.15) is 0 Å². The molecule has 0 aromatic heterocycles. The first kappa shape index (κ1) is 9.65.